The van der Waals surface area contributed by atoms with Crippen LogP contribution in [0.15, 0.2) is 75.4 Å². The Hall–Kier alpha value is -4.06. The molecule has 0 spiro atoms. The maximum absolute atomic E-state index is 10.0. The van der Waals surface area contributed by atoms with Crippen LogP contribution >= 0.6 is 0 Å². The molecular formula is C33H29IrN2O4-. The van der Waals surface area contributed by atoms with Gasteiger partial charge in [-0.25, -0.2) is 4.98 Å². The molecule has 0 aliphatic carbocycles. The van der Waals surface area contributed by atoms with Crippen molar-refractivity contribution in [2.75, 3.05) is 0 Å². The summed E-state index contributed by atoms with van der Waals surface area (Å²) in [7, 11) is 0. The van der Waals surface area contributed by atoms with Crippen molar-refractivity contribution in [3.8, 4) is 22.6 Å². The van der Waals surface area contributed by atoms with Crippen LogP contribution in [0, 0.1) is 33.8 Å². The second-order valence-corrected chi connectivity index (χ2v) is 9.89. The number of benzene rings is 2. The molecule has 1 radical (unpaired) electrons. The van der Waals surface area contributed by atoms with Crippen molar-refractivity contribution in [2.24, 2.45) is 0 Å². The summed E-state index contributed by atoms with van der Waals surface area (Å²) >= 11 is 0. The van der Waals surface area contributed by atoms with Gasteiger partial charge in [0.25, 0.3) is 0 Å². The molecule has 0 atom stereocenters. The molecule has 205 valence electrons. The SMILES string of the molecule is CC(=O)/C=C(/C)O.Cc1cc(C)c(-c2cc3cc(-c4[c-]ccc5c4oc4nc(C)ccc45)ncc3o2)c(C)c1.[Ir]. The number of aliphatic hydroxyl groups excluding tert-OH is 1. The van der Waals surface area contributed by atoms with Crippen LogP contribution in [-0.4, -0.2) is 20.9 Å². The molecule has 7 heteroatoms. The van der Waals surface area contributed by atoms with Gasteiger partial charge in [0.2, 0.25) is 5.71 Å². The molecule has 6 rings (SSSR count). The number of carbonyl (C=O) groups is 1. The largest absolute Gasteiger partial charge is 0.512 e. The number of allylic oxidation sites excluding steroid dienone is 2. The topological polar surface area (TPSA) is 89.4 Å². The van der Waals surface area contributed by atoms with Crippen molar-refractivity contribution in [1.29, 1.82) is 0 Å². The van der Waals surface area contributed by atoms with Gasteiger partial charge in [-0.05, 0) is 76.6 Å². The first-order valence-electron chi connectivity index (χ1n) is 12.7. The predicted molar refractivity (Wildman–Crippen MR) is 155 cm³/mol. The van der Waals surface area contributed by atoms with Gasteiger partial charge in [-0.3, -0.25) is 4.79 Å². The van der Waals surface area contributed by atoms with Crippen LogP contribution in [0.2, 0.25) is 0 Å². The third-order valence-electron chi connectivity index (χ3n) is 6.43. The molecule has 0 aliphatic rings. The summed E-state index contributed by atoms with van der Waals surface area (Å²) in [6.07, 6.45) is 2.95. The van der Waals surface area contributed by atoms with Gasteiger partial charge >= 0.3 is 0 Å². The number of ketones is 1. The Balaban J connectivity index is 0.000000413. The standard InChI is InChI=1S/C28H21N2O2.C5H8O2.Ir/c1-15-10-16(2)26(17(3)11-15)24-13-19-12-23(29-14-25(19)31-24)22-7-5-6-20-21-9-8-18(4)30-28(21)32-27(20)22;1-4(6)3-5(2)7;/h5-6,8-14H,1-4H3;3,6H,1-2H3;/q-1;;/b;4-3-;. The quantitative estimate of drug-likeness (QED) is 0.113. The smallest absolute Gasteiger partial charge is 0.216 e. The number of aryl methyl sites for hydroxylation is 4. The molecule has 0 aliphatic heterocycles. The van der Waals surface area contributed by atoms with Gasteiger partial charge in [-0.1, -0.05) is 34.7 Å². The van der Waals surface area contributed by atoms with Crippen LogP contribution in [0.25, 0.3) is 55.6 Å². The zero-order valence-corrected chi connectivity index (χ0v) is 25.6. The molecule has 0 saturated heterocycles. The molecule has 0 unspecified atom stereocenters. The van der Waals surface area contributed by atoms with Gasteiger partial charge in [0, 0.05) is 48.2 Å². The second kappa shape index (κ2) is 11.6. The molecular weight excluding hydrogens is 681 g/mol. The average Bonchev–Trinajstić information content (AvgIpc) is 3.42. The van der Waals surface area contributed by atoms with E-state index in [1.165, 1.54) is 36.6 Å². The third kappa shape index (κ3) is 5.76. The molecule has 0 saturated carbocycles. The fourth-order valence-electron chi connectivity index (χ4n) is 4.97. The minimum atomic E-state index is -0.125. The Bertz CT molecular complexity index is 1890. The van der Waals surface area contributed by atoms with Gasteiger partial charge in [-0.2, -0.15) is 0 Å². The number of hydrogen-bond donors (Lipinski definition) is 1. The Morgan fingerprint density at radius 3 is 2.33 bits per heavy atom. The summed E-state index contributed by atoms with van der Waals surface area (Å²) in [5.74, 6) is 0.798. The summed E-state index contributed by atoms with van der Waals surface area (Å²) in [4.78, 5) is 19.2. The number of nitrogens with zero attached hydrogens (tertiary/aromatic N) is 2. The van der Waals surface area contributed by atoms with Crippen LogP contribution < -0.4 is 0 Å². The Morgan fingerprint density at radius 1 is 0.950 bits per heavy atom. The van der Waals surface area contributed by atoms with Gasteiger partial charge in [-0.15, -0.1) is 18.2 Å². The molecule has 2 aromatic carbocycles. The summed E-state index contributed by atoms with van der Waals surface area (Å²) in [5, 5.41) is 11.4. The minimum Gasteiger partial charge on any atom is -0.512 e. The van der Waals surface area contributed by atoms with Crippen molar-refractivity contribution >= 4 is 38.8 Å². The third-order valence-corrected chi connectivity index (χ3v) is 6.43. The molecule has 40 heavy (non-hydrogen) atoms. The summed E-state index contributed by atoms with van der Waals surface area (Å²) in [6.45, 7) is 11.2. The van der Waals surface area contributed by atoms with E-state index in [4.69, 9.17) is 13.9 Å². The summed E-state index contributed by atoms with van der Waals surface area (Å²) < 4.78 is 12.3. The molecule has 1 N–H and O–H groups in total. The number of furan rings is 2. The number of fused-ring (bicyclic) bond motifs is 4. The zero-order chi connectivity index (χ0) is 27.8. The number of rotatable bonds is 3. The molecule has 0 amide bonds. The summed E-state index contributed by atoms with van der Waals surface area (Å²) in [6, 6.07) is 19.8. The van der Waals surface area contributed by atoms with E-state index in [2.05, 4.69) is 61.1 Å². The fraction of sp³-hybridized carbons (Fsp3) is 0.182. The van der Waals surface area contributed by atoms with Crippen molar-refractivity contribution < 1.29 is 38.8 Å². The van der Waals surface area contributed by atoms with Crippen LogP contribution in [0.1, 0.15) is 36.2 Å². The molecule has 6 aromatic rings. The number of hydrogen-bond acceptors (Lipinski definition) is 6. The van der Waals surface area contributed by atoms with Gasteiger partial charge in [0.15, 0.2) is 11.4 Å². The molecule has 4 aromatic heterocycles. The first kappa shape index (κ1) is 28.9. The van der Waals surface area contributed by atoms with Crippen LogP contribution in [0.5, 0.6) is 0 Å². The van der Waals surface area contributed by atoms with E-state index >= 15 is 0 Å². The van der Waals surface area contributed by atoms with E-state index in [1.54, 1.807) is 6.20 Å². The van der Waals surface area contributed by atoms with Crippen LogP contribution in [0.4, 0.5) is 0 Å². The minimum absolute atomic E-state index is 0. The van der Waals surface area contributed by atoms with Crippen molar-refractivity contribution in [3.63, 3.8) is 0 Å². The van der Waals surface area contributed by atoms with Gasteiger partial charge < -0.3 is 18.9 Å². The molecule has 0 bridgehead atoms. The average molecular weight is 710 g/mol. The maximum atomic E-state index is 10.0. The van der Waals surface area contributed by atoms with E-state index in [0.29, 0.717) is 5.71 Å². The zero-order valence-electron chi connectivity index (χ0n) is 23.2. The van der Waals surface area contributed by atoms with E-state index in [-0.39, 0.29) is 31.6 Å². The van der Waals surface area contributed by atoms with Crippen LogP contribution in [-0.2, 0) is 24.9 Å². The molecule has 0 fully saturated rings. The maximum Gasteiger partial charge on any atom is 0.216 e. The number of aliphatic hydroxyl groups is 1. The van der Waals surface area contributed by atoms with Crippen LogP contribution in [0.3, 0.4) is 0 Å². The summed E-state index contributed by atoms with van der Waals surface area (Å²) in [5.41, 5.74) is 9.50. The van der Waals surface area contributed by atoms with Crippen molar-refractivity contribution in [2.45, 2.75) is 41.5 Å². The normalized spacial score (nSPS) is 11.4. The Kier molecular flexibility index (Phi) is 8.38. The molecule has 6 nitrogen and oxygen atoms in total. The van der Waals surface area contributed by atoms with E-state index in [9.17, 15) is 4.79 Å². The van der Waals surface area contributed by atoms with Gasteiger partial charge in [0.1, 0.15) is 5.76 Å². The van der Waals surface area contributed by atoms with Crippen molar-refractivity contribution in [1.82, 2.24) is 9.97 Å². The van der Waals surface area contributed by atoms with E-state index in [0.717, 1.165) is 55.6 Å². The monoisotopic (exact) mass is 710 g/mol. The van der Waals surface area contributed by atoms with E-state index in [1.807, 2.05) is 31.2 Å². The first-order chi connectivity index (χ1) is 18.6. The number of pyridine rings is 2. The number of carbonyl (C=O) groups excluding carboxylic acids is 1. The number of aromatic nitrogens is 2. The predicted octanol–water partition coefficient (Wildman–Crippen LogP) is 8.52. The Labute approximate surface area is 246 Å². The first-order valence-corrected chi connectivity index (χ1v) is 12.7. The second-order valence-electron chi connectivity index (χ2n) is 9.89. The van der Waals surface area contributed by atoms with Gasteiger partial charge in [0.05, 0.1) is 17.5 Å². The van der Waals surface area contributed by atoms with E-state index < -0.39 is 0 Å². The fourth-order valence-corrected chi connectivity index (χ4v) is 4.97. The molecule has 4 heterocycles. The van der Waals surface area contributed by atoms with Crippen molar-refractivity contribution in [3.05, 3.63) is 95.0 Å². The Morgan fingerprint density at radius 2 is 1.68 bits per heavy atom.